The summed E-state index contributed by atoms with van der Waals surface area (Å²) in [5, 5.41) is 4.76. The molecule has 0 saturated carbocycles. The smallest absolute Gasteiger partial charge is 0.253 e. The molecule has 1 N–H and O–H groups in total. The van der Waals surface area contributed by atoms with Gasteiger partial charge in [-0.3, -0.25) is 14.8 Å². The van der Waals surface area contributed by atoms with Gasteiger partial charge in [0.15, 0.2) is 0 Å². The Labute approximate surface area is 116 Å². The molecule has 0 saturated heterocycles. The Bertz CT molecular complexity index is 736. The van der Waals surface area contributed by atoms with Gasteiger partial charge in [0.05, 0.1) is 5.56 Å². The van der Waals surface area contributed by atoms with Crippen molar-refractivity contribution in [3.05, 3.63) is 72.3 Å². The predicted octanol–water partition coefficient (Wildman–Crippen LogP) is 2.56. The summed E-state index contributed by atoms with van der Waals surface area (Å²) in [6.45, 7) is 0.454. The first-order valence-corrected chi connectivity index (χ1v) is 6.34. The summed E-state index contributed by atoms with van der Waals surface area (Å²) in [5.74, 6) is -0.127. The molecule has 3 aromatic rings. The van der Waals surface area contributed by atoms with Crippen molar-refractivity contribution >= 4 is 16.7 Å². The van der Waals surface area contributed by atoms with Crippen molar-refractivity contribution < 1.29 is 4.79 Å². The first kappa shape index (κ1) is 12.3. The maximum Gasteiger partial charge on any atom is 0.253 e. The van der Waals surface area contributed by atoms with Gasteiger partial charge < -0.3 is 5.32 Å². The molecule has 0 fully saturated rings. The van der Waals surface area contributed by atoms with E-state index in [0.717, 1.165) is 16.3 Å². The van der Waals surface area contributed by atoms with Gasteiger partial charge in [-0.15, -0.1) is 0 Å². The molecule has 0 aliphatic carbocycles. The molecule has 0 radical (unpaired) electrons. The van der Waals surface area contributed by atoms with Gasteiger partial charge in [0.25, 0.3) is 5.91 Å². The summed E-state index contributed by atoms with van der Waals surface area (Å²) in [7, 11) is 0. The Morgan fingerprint density at radius 3 is 2.75 bits per heavy atom. The van der Waals surface area contributed by atoms with Crippen LogP contribution in [-0.2, 0) is 6.54 Å². The third-order valence-corrected chi connectivity index (χ3v) is 3.09. The van der Waals surface area contributed by atoms with Gasteiger partial charge in [-0.2, -0.15) is 0 Å². The molecule has 20 heavy (non-hydrogen) atoms. The van der Waals surface area contributed by atoms with Gasteiger partial charge >= 0.3 is 0 Å². The Balaban J connectivity index is 1.82. The zero-order chi connectivity index (χ0) is 13.8. The third-order valence-electron chi connectivity index (χ3n) is 3.09. The largest absolute Gasteiger partial charge is 0.348 e. The van der Waals surface area contributed by atoms with Crippen LogP contribution < -0.4 is 5.32 Å². The Kier molecular flexibility index (Phi) is 3.37. The normalized spacial score (nSPS) is 10.4. The van der Waals surface area contributed by atoms with Crippen LogP contribution in [0.25, 0.3) is 10.8 Å². The number of hydrogen-bond acceptors (Lipinski definition) is 3. The first-order valence-electron chi connectivity index (χ1n) is 6.34. The van der Waals surface area contributed by atoms with Crippen LogP contribution >= 0.6 is 0 Å². The monoisotopic (exact) mass is 263 g/mol. The summed E-state index contributed by atoms with van der Waals surface area (Å²) in [4.78, 5) is 20.4. The molecule has 0 atom stereocenters. The van der Waals surface area contributed by atoms with E-state index < -0.39 is 0 Å². The van der Waals surface area contributed by atoms with E-state index >= 15 is 0 Å². The second-order valence-corrected chi connectivity index (χ2v) is 4.45. The fourth-order valence-corrected chi connectivity index (χ4v) is 2.08. The number of carbonyl (C=O) groups is 1. The minimum Gasteiger partial charge on any atom is -0.348 e. The molecule has 2 aromatic heterocycles. The van der Waals surface area contributed by atoms with E-state index in [4.69, 9.17) is 0 Å². The highest BCUT2D eigenvalue weighted by Crippen LogP contribution is 2.16. The average Bonchev–Trinajstić information content (AvgIpc) is 2.53. The first-order chi connectivity index (χ1) is 9.84. The van der Waals surface area contributed by atoms with Crippen LogP contribution in [0, 0.1) is 0 Å². The van der Waals surface area contributed by atoms with E-state index in [1.54, 1.807) is 24.8 Å². The van der Waals surface area contributed by atoms with Gasteiger partial charge in [0.2, 0.25) is 0 Å². The highest BCUT2D eigenvalue weighted by atomic mass is 16.1. The highest BCUT2D eigenvalue weighted by Gasteiger charge is 2.09. The number of benzene rings is 1. The van der Waals surface area contributed by atoms with Crippen LogP contribution in [0.2, 0.25) is 0 Å². The number of nitrogens with one attached hydrogen (secondary N) is 1. The summed E-state index contributed by atoms with van der Waals surface area (Å²) < 4.78 is 0. The number of amides is 1. The summed E-state index contributed by atoms with van der Waals surface area (Å²) in [6, 6.07) is 11.5. The van der Waals surface area contributed by atoms with Crippen LogP contribution in [0.4, 0.5) is 0 Å². The van der Waals surface area contributed by atoms with Gasteiger partial charge in [0, 0.05) is 36.7 Å². The Morgan fingerprint density at radius 2 is 1.90 bits per heavy atom. The predicted molar refractivity (Wildman–Crippen MR) is 77.2 cm³/mol. The van der Waals surface area contributed by atoms with Crippen LogP contribution in [0.15, 0.2) is 61.2 Å². The van der Waals surface area contributed by atoms with E-state index in [9.17, 15) is 4.79 Å². The fourth-order valence-electron chi connectivity index (χ4n) is 2.08. The van der Waals surface area contributed by atoms with Crippen LogP contribution in [0.3, 0.4) is 0 Å². The summed E-state index contributed by atoms with van der Waals surface area (Å²) in [6.07, 6.45) is 6.80. The molecule has 1 aromatic carbocycles. The number of rotatable bonds is 3. The third kappa shape index (κ3) is 2.49. The minimum absolute atomic E-state index is 0.127. The fraction of sp³-hybridized carbons (Fsp3) is 0.0625. The number of aromatic nitrogens is 2. The van der Waals surface area contributed by atoms with E-state index in [2.05, 4.69) is 15.3 Å². The van der Waals surface area contributed by atoms with Crippen LogP contribution in [0.5, 0.6) is 0 Å². The maximum atomic E-state index is 12.3. The lowest BCUT2D eigenvalue weighted by Gasteiger charge is -2.07. The SMILES string of the molecule is O=C(NCc1cccnc1)c1cncc2ccccc12. The topological polar surface area (TPSA) is 54.9 Å². The highest BCUT2D eigenvalue weighted by molar-refractivity contribution is 6.06. The van der Waals surface area contributed by atoms with Crippen LogP contribution in [-0.4, -0.2) is 15.9 Å². The molecule has 4 heteroatoms. The van der Waals surface area contributed by atoms with E-state index in [1.807, 2.05) is 36.4 Å². The zero-order valence-corrected chi connectivity index (χ0v) is 10.8. The molecular weight excluding hydrogens is 250 g/mol. The van der Waals surface area contributed by atoms with Gasteiger partial charge in [-0.25, -0.2) is 0 Å². The lowest BCUT2D eigenvalue weighted by atomic mass is 10.1. The van der Waals surface area contributed by atoms with Gasteiger partial charge in [-0.1, -0.05) is 30.3 Å². The number of fused-ring (bicyclic) bond motifs is 1. The summed E-state index contributed by atoms with van der Waals surface area (Å²) >= 11 is 0. The average molecular weight is 263 g/mol. The lowest BCUT2D eigenvalue weighted by Crippen LogP contribution is -2.23. The molecular formula is C16H13N3O. The van der Waals surface area contributed by atoms with E-state index in [-0.39, 0.29) is 5.91 Å². The molecule has 98 valence electrons. The molecule has 0 aliphatic rings. The Hall–Kier alpha value is -2.75. The zero-order valence-electron chi connectivity index (χ0n) is 10.8. The second kappa shape index (κ2) is 5.48. The number of nitrogens with zero attached hydrogens (tertiary/aromatic N) is 2. The van der Waals surface area contributed by atoms with Crippen LogP contribution in [0.1, 0.15) is 15.9 Å². The summed E-state index contributed by atoms with van der Waals surface area (Å²) in [5.41, 5.74) is 1.56. The van der Waals surface area contributed by atoms with E-state index in [1.165, 1.54) is 0 Å². The quantitative estimate of drug-likeness (QED) is 0.790. The van der Waals surface area contributed by atoms with Crippen molar-refractivity contribution in [2.24, 2.45) is 0 Å². The molecule has 0 aliphatic heterocycles. The van der Waals surface area contributed by atoms with Gasteiger partial charge in [-0.05, 0) is 17.0 Å². The molecule has 0 bridgehead atoms. The lowest BCUT2D eigenvalue weighted by molar-refractivity contribution is 0.0952. The molecule has 3 rings (SSSR count). The van der Waals surface area contributed by atoms with Gasteiger partial charge in [0.1, 0.15) is 0 Å². The van der Waals surface area contributed by atoms with Crippen molar-refractivity contribution in [1.82, 2.24) is 15.3 Å². The van der Waals surface area contributed by atoms with E-state index in [0.29, 0.717) is 12.1 Å². The number of carbonyl (C=O) groups excluding carboxylic acids is 1. The van der Waals surface area contributed by atoms with Crippen molar-refractivity contribution in [1.29, 1.82) is 0 Å². The minimum atomic E-state index is -0.127. The van der Waals surface area contributed by atoms with Crippen molar-refractivity contribution in [2.75, 3.05) is 0 Å². The van der Waals surface area contributed by atoms with Crippen molar-refractivity contribution in [3.63, 3.8) is 0 Å². The van der Waals surface area contributed by atoms with Crippen molar-refractivity contribution in [2.45, 2.75) is 6.54 Å². The molecule has 0 unspecified atom stereocenters. The standard InChI is InChI=1S/C16H13N3O/c20-16(19-9-12-4-3-7-17-8-12)15-11-18-10-13-5-1-2-6-14(13)15/h1-8,10-11H,9H2,(H,19,20). The Morgan fingerprint density at radius 1 is 1.00 bits per heavy atom. The molecule has 0 spiro atoms. The molecule has 4 nitrogen and oxygen atoms in total. The second-order valence-electron chi connectivity index (χ2n) is 4.45. The maximum absolute atomic E-state index is 12.3. The molecule has 1 amide bonds. The number of pyridine rings is 2. The molecule has 2 heterocycles. The number of hydrogen-bond donors (Lipinski definition) is 1. The van der Waals surface area contributed by atoms with Crippen molar-refractivity contribution in [3.8, 4) is 0 Å².